The molecular weight excluding hydrogens is 936 g/mol. The molecule has 8 aromatic carbocycles. The molecule has 0 unspecified atom stereocenters. The highest BCUT2D eigenvalue weighted by Gasteiger charge is 2.48. The first-order valence-corrected chi connectivity index (χ1v) is 29.1. The summed E-state index contributed by atoms with van der Waals surface area (Å²) in [7, 11) is 0. The third-order valence-corrected chi connectivity index (χ3v) is 20.0. The Kier molecular flexibility index (Phi) is 10.7. The van der Waals surface area contributed by atoms with Crippen LogP contribution in [0.1, 0.15) is 156 Å². The number of thiophene rings is 1. The molecule has 382 valence electrons. The van der Waals surface area contributed by atoms with Crippen molar-refractivity contribution in [3.8, 4) is 22.3 Å². The van der Waals surface area contributed by atoms with Crippen molar-refractivity contribution in [3.63, 3.8) is 0 Å². The zero-order chi connectivity index (χ0) is 53.2. The van der Waals surface area contributed by atoms with E-state index in [9.17, 15) is 0 Å². The second-order valence-corrected chi connectivity index (χ2v) is 28.9. The van der Waals surface area contributed by atoms with Crippen LogP contribution in [-0.4, -0.2) is 6.71 Å². The molecule has 9 aromatic rings. The summed E-state index contributed by atoms with van der Waals surface area (Å²) < 4.78 is 2.70. The molecule has 2 aliphatic heterocycles. The van der Waals surface area contributed by atoms with Gasteiger partial charge in [-0.1, -0.05) is 200 Å². The first kappa shape index (κ1) is 49.2. The van der Waals surface area contributed by atoms with E-state index in [0.717, 1.165) is 19.3 Å². The van der Waals surface area contributed by atoms with Crippen molar-refractivity contribution in [2.75, 3.05) is 9.80 Å². The number of rotatable bonds is 4. The summed E-state index contributed by atoms with van der Waals surface area (Å²) in [5, 5.41) is 2.73. The molecule has 0 spiro atoms. The summed E-state index contributed by atoms with van der Waals surface area (Å²) in [5.74, 6) is 0. The summed E-state index contributed by atoms with van der Waals surface area (Å²) in [5.41, 5.74) is 25.5. The fraction of sp³-hybridized carbons (Fsp3) is 0.333. The molecule has 13 rings (SSSR count). The maximum absolute atomic E-state index is 2.74. The first-order valence-electron chi connectivity index (χ1n) is 28.3. The summed E-state index contributed by atoms with van der Waals surface area (Å²) >= 11 is 1.99. The molecule has 0 radical (unpaired) electrons. The molecule has 0 bridgehead atoms. The van der Waals surface area contributed by atoms with E-state index in [-0.39, 0.29) is 39.2 Å². The number of hydrogen-bond donors (Lipinski definition) is 0. The standard InChI is InChI=1S/C72H75BN2S/c1-67(2,3)47-28-33-58(50(40-47)45-24-19-16-20-25-45)75-61-39-46(44-22-17-15-18-23-44)38-60-64(61)73(56-32-30-49-63-52(68(4,5)6)26-21-27-62(63)76-66(49)65(56)75)57-42-54-55(72(13,14)37-36-71(54,11)12)43-59(57)74(60)48-29-31-51-53(41-48)70(9,10)35-34-69(51,7)8/h15-33,38-43H,34-37H2,1-14H3. The topological polar surface area (TPSA) is 6.48 Å². The number of hydrogen-bond acceptors (Lipinski definition) is 3. The quantitative estimate of drug-likeness (QED) is 0.162. The average Bonchev–Trinajstić information content (AvgIpc) is 3.78. The molecular formula is C72H75BN2S. The van der Waals surface area contributed by atoms with Crippen LogP contribution < -0.4 is 26.2 Å². The second-order valence-electron chi connectivity index (χ2n) is 27.9. The SMILES string of the molecule is CC(C)(C)c1ccc(N2c3cc(-c4ccccc4)cc4c3B(c3cc5c(cc3N4c3ccc4c(c3)C(C)(C)CCC4(C)C)C(C)(C)CCC5(C)C)c3ccc4c(sc5cccc(C(C)(C)C)c54)c32)c(-c2ccccc2)c1. The van der Waals surface area contributed by atoms with Gasteiger partial charge < -0.3 is 9.80 Å². The Balaban J connectivity index is 1.22. The Bertz CT molecular complexity index is 3860. The van der Waals surface area contributed by atoms with Gasteiger partial charge in [0.25, 0.3) is 6.71 Å². The molecule has 0 amide bonds. The number of nitrogens with zero attached hydrogens (tertiary/aromatic N) is 2. The lowest BCUT2D eigenvalue weighted by atomic mass is 9.33. The van der Waals surface area contributed by atoms with Crippen LogP contribution in [-0.2, 0) is 32.5 Å². The predicted octanol–water partition coefficient (Wildman–Crippen LogP) is 18.8. The highest BCUT2D eigenvalue weighted by atomic mass is 32.1. The van der Waals surface area contributed by atoms with Gasteiger partial charge in [0.05, 0.1) is 16.1 Å². The maximum Gasteiger partial charge on any atom is 0.252 e. The average molecular weight is 1010 g/mol. The van der Waals surface area contributed by atoms with Crippen LogP contribution in [0.4, 0.5) is 34.1 Å². The molecule has 0 saturated heterocycles. The first-order chi connectivity index (χ1) is 35.9. The van der Waals surface area contributed by atoms with Crippen molar-refractivity contribution in [2.45, 2.75) is 155 Å². The van der Waals surface area contributed by atoms with E-state index in [1.54, 1.807) is 0 Å². The number of anilines is 6. The van der Waals surface area contributed by atoms with E-state index in [2.05, 4.69) is 258 Å². The molecule has 0 atom stereocenters. The lowest BCUT2D eigenvalue weighted by Gasteiger charge is -2.48. The Morgan fingerprint density at radius 3 is 1.67 bits per heavy atom. The second kappa shape index (κ2) is 16.6. The predicted molar refractivity (Wildman–Crippen MR) is 332 cm³/mol. The van der Waals surface area contributed by atoms with Gasteiger partial charge in [-0.05, 0) is 173 Å². The van der Waals surface area contributed by atoms with Crippen LogP contribution in [0.5, 0.6) is 0 Å². The van der Waals surface area contributed by atoms with Crippen molar-refractivity contribution in [2.24, 2.45) is 0 Å². The number of fused-ring (bicyclic) bond motifs is 10. The molecule has 76 heavy (non-hydrogen) atoms. The van der Waals surface area contributed by atoms with Crippen molar-refractivity contribution in [1.82, 2.24) is 0 Å². The van der Waals surface area contributed by atoms with Gasteiger partial charge in [0.15, 0.2) is 0 Å². The summed E-state index contributed by atoms with van der Waals surface area (Å²) in [6.45, 7) is 34.0. The smallest absolute Gasteiger partial charge is 0.252 e. The van der Waals surface area contributed by atoms with E-state index >= 15 is 0 Å². The molecule has 2 nitrogen and oxygen atoms in total. The normalized spacial score (nSPS) is 17.7. The monoisotopic (exact) mass is 1010 g/mol. The highest BCUT2D eigenvalue weighted by molar-refractivity contribution is 7.26. The van der Waals surface area contributed by atoms with Gasteiger partial charge in [0.2, 0.25) is 0 Å². The van der Waals surface area contributed by atoms with Crippen LogP contribution in [0.25, 0.3) is 42.4 Å². The van der Waals surface area contributed by atoms with Crippen molar-refractivity contribution >= 4 is 88.7 Å². The third kappa shape index (κ3) is 7.46. The molecule has 0 fully saturated rings. The molecule has 1 aromatic heterocycles. The van der Waals surface area contributed by atoms with Crippen molar-refractivity contribution in [1.29, 1.82) is 0 Å². The van der Waals surface area contributed by atoms with Gasteiger partial charge in [0, 0.05) is 43.8 Å². The van der Waals surface area contributed by atoms with Gasteiger partial charge in [0.1, 0.15) is 0 Å². The van der Waals surface area contributed by atoms with Gasteiger partial charge in [-0.25, -0.2) is 0 Å². The minimum absolute atomic E-state index is 0.0209. The van der Waals surface area contributed by atoms with Crippen LogP contribution in [0.2, 0.25) is 0 Å². The van der Waals surface area contributed by atoms with E-state index < -0.39 is 0 Å². The zero-order valence-electron chi connectivity index (χ0n) is 47.6. The van der Waals surface area contributed by atoms with E-state index in [1.165, 1.54) is 133 Å². The lowest BCUT2D eigenvalue weighted by Crippen LogP contribution is -2.62. The lowest BCUT2D eigenvalue weighted by molar-refractivity contribution is 0.332. The highest BCUT2D eigenvalue weighted by Crippen LogP contribution is 2.56. The van der Waals surface area contributed by atoms with Crippen LogP contribution in [0.3, 0.4) is 0 Å². The summed E-state index contributed by atoms with van der Waals surface area (Å²) in [6.07, 6.45) is 4.67. The Morgan fingerprint density at radius 2 is 1.04 bits per heavy atom. The fourth-order valence-electron chi connectivity index (χ4n) is 14.1. The number of benzene rings is 8. The molecule has 0 saturated carbocycles. The van der Waals surface area contributed by atoms with Gasteiger partial charge >= 0.3 is 0 Å². The Morgan fingerprint density at radius 1 is 0.447 bits per heavy atom. The van der Waals surface area contributed by atoms with Crippen molar-refractivity contribution < 1.29 is 0 Å². The minimum Gasteiger partial charge on any atom is -0.311 e. The van der Waals surface area contributed by atoms with Gasteiger partial charge in [-0.3, -0.25) is 0 Å². The fourth-order valence-corrected chi connectivity index (χ4v) is 15.4. The van der Waals surface area contributed by atoms with E-state index in [4.69, 9.17) is 0 Å². The summed E-state index contributed by atoms with van der Waals surface area (Å²) in [4.78, 5) is 5.47. The maximum atomic E-state index is 2.74. The summed E-state index contributed by atoms with van der Waals surface area (Å²) in [6, 6.07) is 60.0. The van der Waals surface area contributed by atoms with Gasteiger partial charge in [-0.2, -0.15) is 0 Å². The molecule has 0 N–H and O–H groups in total. The minimum atomic E-state index is -0.0498. The van der Waals surface area contributed by atoms with Crippen LogP contribution in [0.15, 0.2) is 152 Å². The van der Waals surface area contributed by atoms with Crippen LogP contribution >= 0.6 is 11.3 Å². The molecule has 3 heterocycles. The molecule has 4 aliphatic rings. The zero-order valence-corrected chi connectivity index (χ0v) is 48.5. The Labute approximate surface area is 458 Å². The largest absolute Gasteiger partial charge is 0.311 e. The Hall–Kier alpha value is -6.36. The third-order valence-electron chi connectivity index (χ3n) is 18.9. The van der Waals surface area contributed by atoms with E-state index in [0.29, 0.717) is 0 Å². The van der Waals surface area contributed by atoms with Crippen molar-refractivity contribution in [3.05, 3.63) is 185 Å². The molecule has 4 heteroatoms. The van der Waals surface area contributed by atoms with Gasteiger partial charge in [-0.15, -0.1) is 11.3 Å². The van der Waals surface area contributed by atoms with E-state index in [1.807, 2.05) is 11.3 Å². The molecule has 2 aliphatic carbocycles. The van der Waals surface area contributed by atoms with Crippen LogP contribution in [0, 0.1) is 0 Å².